The number of sulfone groups is 1. The first kappa shape index (κ1) is 22.1. The highest BCUT2D eigenvalue weighted by Crippen LogP contribution is 2.42. The Kier molecular flexibility index (Phi) is 5.56. The van der Waals surface area contributed by atoms with E-state index >= 15 is 0 Å². The van der Waals surface area contributed by atoms with E-state index in [1.807, 2.05) is 17.8 Å². The number of hydrogen-bond acceptors (Lipinski definition) is 8. The predicted octanol–water partition coefficient (Wildman–Crippen LogP) is 1.73. The van der Waals surface area contributed by atoms with Crippen molar-refractivity contribution in [3.05, 3.63) is 24.0 Å². The van der Waals surface area contributed by atoms with E-state index < -0.39 is 15.4 Å². The fourth-order valence-corrected chi connectivity index (χ4v) is 6.60. The number of aryl methyl sites for hydroxylation is 1. The Balaban J connectivity index is 1.48. The Hall–Kier alpha value is -2.66. The van der Waals surface area contributed by atoms with Gasteiger partial charge in [-0.3, -0.25) is 15.1 Å². The van der Waals surface area contributed by atoms with Crippen molar-refractivity contribution in [3.63, 3.8) is 0 Å². The van der Waals surface area contributed by atoms with E-state index in [1.54, 1.807) is 6.20 Å². The quantitative estimate of drug-likeness (QED) is 0.595. The van der Waals surface area contributed by atoms with Crippen molar-refractivity contribution >= 4 is 38.2 Å². The molecule has 33 heavy (non-hydrogen) atoms. The molecule has 4 heterocycles. The molecule has 1 saturated heterocycles. The van der Waals surface area contributed by atoms with Gasteiger partial charge in [-0.1, -0.05) is 0 Å². The van der Waals surface area contributed by atoms with Crippen LogP contribution in [0.25, 0.3) is 16.7 Å². The van der Waals surface area contributed by atoms with Crippen LogP contribution in [-0.2, 0) is 26.0 Å². The van der Waals surface area contributed by atoms with E-state index in [4.69, 9.17) is 10.6 Å². The molecule has 4 N–H and O–H groups in total. The monoisotopic (exact) mass is 474 g/mol. The predicted molar refractivity (Wildman–Crippen MR) is 125 cm³/mol. The van der Waals surface area contributed by atoms with Crippen LogP contribution in [0.15, 0.2) is 18.5 Å². The van der Waals surface area contributed by atoms with E-state index in [-0.39, 0.29) is 29.4 Å². The van der Waals surface area contributed by atoms with E-state index in [9.17, 15) is 13.2 Å². The second-order valence-corrected chi connectivity index (χ2v) is 11.6. The van der Waals surface area contributed by atoms with E-state index in [1.165, 1.54) is 0 Å². The van der Waals surface area contributed by atoms with Gasteiger partial charge in [-0.05, 0) is 51.5 Å². The van der Waals surface area contributed by atoms with Crippen molar-refractivity contribution in [2.75, 3.05) is 16.8 Å². The van der Waals surface area contributed by atoms with Gasteiger partial charge in [-0.25, -0.2) is 18.1 Å². The molecule has 2 aliphatic heterocycles. The molecular weight excluding hydrogens is 444 g/mol. The number of carbonyl (C=O) groups is 1. The SMILES string of the molecule is CCn1ncc2c(NC3CCS(=O)(=O)CC3)c(C3=CC4(CCC(C(N)=O)CC4)ON3)cnc21. The minimum Gasteiger partial charge on any atom is -0.381 e. The summed E-state index contributed by atoms with van der Waals surface area (Å²) in [5.74, 6) is 0.0331. The number of carbonyl (C=O) groups excluding carboxylic acids is 1. The van der Waals surface area contributed by atoms with Crippen molar-refractivity contribution in [1.29, 1.82) is 0 Å². The molecule has 3 aliphatic rings. The number of hydrogen-bond donors (Lipinski definition) is 3. The first-order valence-corrected chi connectivity index (χ1v) is 13.4. The molecule has 0 aromatic carbocycles. The van der Waals surface area contributed by atoms with Gasteiger partial charge in [-0.15, -0.1) is 0 Å². The van der Waals surface area contributed by atoms with Gasteiger partial charge in [0.2, 0.25) is 5.91 Å². The highest BCUT2D eigenvalue weighted by atomic mass is 32.2. The van der Waals surface area contributed by atoms with Gasteiger partial charge in [-0.2, -0.15) is 5.10 Å². The summed E-state index contributed by atoms with van der Waals surface area (Å²) in [4.78, 5) is 22.3. The van der Waals surface area contributed by atoms with Gasteiger partial charge in [0.05, 0.1) is 34.5 Å². The molecule has 2 aromatic heterocycles. The number of fused-ring (bicyclic) bond motifs is 1. The number of nitrogens with zero attached hydrogens (tertiary/aromatic N) is 3. The van der Waals surface area contributed by atoms with Crippen molar-refractivity contribution < 1.29 is 18.0 Å². The average molecular weight is 475 g/mol. The maximum Gasteiger partial charge on any atom is 0.220 e. The molecule has 0 radical (unpaired) electrons. The van der Waals surface area contributed by atoms with Crippen LogP contribution in [0.3, 0.4) is 0 Å². The standard InChI is InChI=1S/C22H30N6O4S/c1-2-28-21-17(13-25-28)19(26-15-5-9-33(30,31)10-6-15)16(12-24-21)18-11-22(32-27-18)7-3-14(4-8-22)20(23)29/h11-15,27H,2-10H2,1H3,(H2,23,29)(H,24,26). The van der Waals surface area contributed by atoms with Crippen LogP contribution in [0.5, 0.6) is 0 Å². The first-order valence-electron chi connectivity index (χ1n) is 11.6. The summed E-state index contributed by atoms with van der Waals surface area (Å²) in [5, 5.41) is 8.96. The molecule has 2 aromatic rings. The normalized spacial score (nSPS) is 22.9. The highest BCUT2D eigenvalue weighted by Gasteiger charge is 2.41. The molecule has 1 aliphatic carbocycles. The Labute approximate surface area is 192 Å². The number of aromatic nitrogens is 3. The van der Waals surface area contributed by atoms with Crippen LogP contribution in [0, 0.1) is 5.92 Å². The zero-order valence-corrected chi connectivity index (χ0v) is 19.5. The molecule has 178 valence electrons. The minimum atomic E-state index is -2.95. The highest BCUT2D eigenvalue weighted by molar-refractivity contribution is 7.91. The molecule has 2 fully saturated rings. The summed E-state index contributed by atoms with van der Waals surface area (Å²) in [6.45, 7) is 2.72. The van der Waals surface area contributed by atoms with Crippen LogP contribution in [0.1, 0.15) is 51.0 Å². The van der Waals surface area contributed by atoms with E-state index in [0.29, 0.717) is 45.1 Å². The molecule has 11 heteroatoms. The van der Waals surface area contributed by atoms with Crippen molar-refractivity contribution in [2.45, 2.75) is 63.6 Å². The lowest BCUT2D eigenvalue weighted by Crippen LogP contribution is -2.38. The lowest BCUT2D eigenvalue weighted by Gasteiger charge is -2.32. The third-order valence-electron chi connectivity index (χ3n) is 7.16. The molecule has 10 nitrogen and oxygen atoms in total. The second-order valence-electron chi connectivity index (χ2n) is 9.32. The molecule has 0 unspecified atom stereocenters. The molecule has 0 atom stereocenters. The number of amides is 1. The first-order chi connectivity index (χ1) is 15.8. The van der Waals surface area contributed by atoms with Crippen molar-refractivity contribution in [3.8, 4) is 0 Å². The van der Waals surface area contributed by atoms with Crippen LogP contribution in [0.2, 0.25) is 0 Å². The number of rotatable bonds is 5. The van der Waals surface area contributed by atoms with E-state index in [2.05, 4.69) is 27.0 Å². The van der Waals surface area contributed by atoms with Crippen LogP contribution < -0.4 is 16.5 Å². The summed E-state index contributed by atoms with van der Waals surface area (Å²) >= 11 is 0. The third kappa shape index (κ3) is 4.19. The van der Waals surface area contributed by atoms with Gasteiger partial charge < -0.3 is 11.1 Å². The molecule has 5 rings (SSSR count). The van der Waals surface area contributed by atoms with Gasteiger partial charge in [0.1, 0.15) is 15.4 Å². The van der Waals surface area contributed by atoms with Crippen LogP contribution in [0.4, 0.5) is 5.69 Å². The number of anilines is 1. The second kappa shape index (κ2) is 8.28. The summed E-state index contributed by atoms with van der Waals surface area (Å²) in [7, 11) is -2.95. The molecule has 1 amide bonds. The largest absolute Gasteiger partial charge is 0.381 e. The fourth-order valence-electron chi connectivity index (χ4n) is 5.11. The molecule has 1 spiro atoms. The number of pyridine rings is 1. The summed E-state index contributed by atoms with van der Waals surface area (Å²) in [5.41, 5.74) is 11.5. The number of primary amides is 1. The van der Waals surface area contributed by atoms with E-state index in [0.717, 1.165) is 28.0 Å². The van der Waals surface area contributed by atoms with Crippen molar-refractivity contribution in [2.24, 2.45) is 11.7 Å². The summed E-state index contributed by atoms with van der Waals surface area (Å²) in [6.07, 6.45) is 9.66. The Morgan fingerprint density at radius 3 is 2.67 bits per heavy atom. The number of nitrogens with two attached hydrogens (primary N) is 1. The minimum absolute atomic E-state index is 0.0470. The molecule has 0 bridgehead atoms. The topological polar surface area (TPSA) is 141 Å². The van der Waals surface area contributed by atoms with Crippen LogP contribution in [-0.4, -0.2) is 52.2 Å². The zero-order valence-electron chi connectivity index (χ0n) is 18.7. The van der Waals surface area contributed by atoms with Gasteiger partial charge in [0.25, 0.3) is 0 Å². The Bertz CT molecular complexity index is 1200. The smallest absolute Gasteiger partial charge is 0.220 e. The maximum atomic E-state index is 11.9. The lowest BCUT2D eigenvalue weighted by molar-refractivity contribution is -0.125. The zero-order chi connectivity index (χ0) is 23.2. The van der Waals surface area contributed by atoms with Gasteiger partial charge in [0, 0.05) is 30.3 Å². The van der Waals surface area contributed by atoms with Gasteiger partial charge >= 0.3 is 0 Å². The summed E-state index contributed by atoms with van der Waals surface area (Å²) in [6, 6.07) is 0.0470. The third-order valence-corrected chi connectivity index (χ3v) is 8.88. The Morgan fingerprint density at radius 1 is 1.27 bits per heavy atom. The summed E-state index contributed by atoms with van der Waals surface area (Å²) < 4.78 is 25.6. The Morgan fingerprint density at radius 2 is 2.00 bits per heavy atom. The fraction of sp³-hybridized carbons (Fsp3) is 0.591. The average Bonchev–Trinajstić information content (AvgIpc) is 3.40. The number of nitrogens with one attached hydrogen (secondary N) is 2. The molecule has 1 saturated carbocycles. The lowest BCUT2D eigenvalue weighted by atomic mass is 9.78. The van der Waals surface area contributed by atoms with Crippen molar-refractivity contribution in [1.82, 2.24) is 20.2 Å². The van der Waals surface area contributed by atoms with Crippen LogP contribution >= 0.6 is 0 Å². The maximum absolute atomic E-state index is 11.9. The van der Waals surface area contributed by atoms with Gasteiger partial charge in [0.15, 0.2) is 5.65 Å². The number of hydroxylamine groups is 1. The molecular formula is C22H30N6O4S.